The Labute approximate surface area is 275 Å². The molecule has 3 aromatic heterocycles. The maximum absolute atomic E-state index is 6.85. The first-order valence-corrected chi connectivity index (χ1v) is 16.1. The summed E-state index contributed by atoms with van der Waals surface area (Å²) in [5.74, 6) is 0.651. The molecule has 0 aliphatic rings. The first-order chi connectivity index (χ1) is 23.8. The third-order valence-electron chi connectivity index (χ3n) is 9.30. The Morgan fingerprint density at radius 2 is 0.979 bits per heavy atom. The lowest BCUT2D eigenvalue weighted by atomic mass is 9.95. The molecule has 224 valence electrons. The number of para-hydroxylation sites is 2. The zero-order chi connectivity index (χ0) is 31.6. The summed E-state index contributed by atoms with van der Waals surface area (Å²) >= 11 is 0. The topological polar surface area (TPSA) is 52.1 Å². The minimum atomic E-state index is 0.651. The summed E-state index contributed by atoms with van der Waals surface area (Å²) in [4.78, 5) is 10.2. The van der Waals surface area contributed by atoms with Gasteiger partial charge in [-0.1, -0.05) is 121 Å². The van der Waals surface area contributed by atoms with Crippen molar-refractivity contribution in [2.24, 2.45) is 0 Å². The molecule has 4 nitrogen and oxygen atoms in total. The molecule has 0 aliphatic carbocycles. The second-order valence-corrected chi connectivity index (χ2v) is 12.1. The predicted molar refractivity (Wildman–Crippen MR) is 196 cm³/mol. The number of nitrogens with zero attached hydrogens (tertiary/aromatic N) is 2. The molecule has 0 spiro atoms. The number of benzene rings is 7. The highest BCUT2D eigenvalue weighted by Crippen LogP contribution is 2.43. The van der Waals surface area contributed by atoms with Crippen molar-refractivity contribution in [1.82, 2.24) is 9.97 Å². The third-order valence-corrected chi connectivity index (χ3v) is 9.30. The Hall–Kier alpha value is -6.52. The van der Waals surface area contributed by atoms with Crippen LogP contribution < -0.4 is 0 Å². The highest BCUT2D eigenvalue weighted by Gasteiger charge is 2.20. The molecule has 0 saturated heterocycles. The van der Waals surface area contributed by atoms with Gasteiger partial charge in [0, 0.05) is 43.6 Å². The number of hydrogen-bond donors (Lipinski definition) is 0. The molecule has 0 amide bonds. The fraction of sp³-hybridized carbons (Fsp3) is 0. The van der Waals surface area contributed by atoms with Gasteiger partial charge in [-0.3, -0.25) is 0 Å². The summed E-state index contributed by atoms with van der Waals surface area (Å²) in [6, 6.07) is 54.3. The van der Waals surface area contributed by atoms with Crippen LogP contribution in [0.4, 0.5) is 0 Å². The van der Waals surface area contributed by atoms with Crippen LogP contribution in [-0.4, -0.2) is 9.97 Å². The summed E-state index contributed by atoms with van der Waals surface area (Å²) < 4.78 is 13.1. The Bertz CT molecular complexity index is 2830. The van der Waals surface area contributed by atoms with E-state index in [4.69, 9.17) is 18.8 Å². The van der Waals surface area contributed by atoms with E-state index in [1.54, 1.807) is 0 Å². The number of rotatable bonds is 4. The number of fused-ring (bicyclic) bond motifs is 8. The lowest BCUT2D eigenvalue weighted by Crippen LogP contribution is -1.96. The van der Waals surface area contributed by atoms with E-state index in [-0.39, 0.29) is 0 Å². The molecule has 0 saturated carbocycles. The predicted octanol–water partition coefficient (Wildman–Crippen LogP) is 12.1. The monoisotopic (exact) mass is 614 g/mol. The van der Waals surface area contributed by atoms with E-state index in [2.05, 4.69) is 109 Å². The maximum atomic E-state index is 6.85. The minimum Gasteiger partial charge on any atom is -0.456 e. The third kappa shape index (κ3) is 4.16. The molecule has 10 aromatic rings. The number of hydrogen-bond acceptors (Lipinski definition) is 4. The largest absolute Gasteiger partial charge is 0.456 e. The average molecular weight is 615 g/mol. The summed E-state index contributed by atoms with van der Waals surface area (Å²) in [6.45, 7) is 0. The summed E-state index contributed by atoms with van der Waals surface area (Å²) in [5, 5.41) is 6.57. The van der Waals surface area contributed by atoms with E-state index < -0.39 is 0 Å². The van der Waals surface area contributed by atoms with Gasteiger partial charge in [-0.15, -0.1) is 0 Å². The SMILES string of the molecule is c1ccc(-c2nc(-c3ccc4c(c3)oc3ccccc34)cc(-c3cccc4c3oc3c5ccccc5c(-c5ccccc5)cc43)n2)cc1. The highest BCUT2D eigenvalue weighted by molar-refractivity contribution is 6.20. The van der Waals surface area contributed by atoms with Gasteiger partial charge in [0.05, 0.1) is 11.4 Å². The molecule has 4 heteroatoms. The minimum absolute atomic E-state index is 0.651. The van der Waals surface area contributed by atoms with E-state index in [1.807, 2.05) is 48.5 Å². The molecule has 0 bridgehead atoms. The number of aromatic nitrogens is 2. The Kier molecular flexibility index (Phi) is 5.84. The zero-order valence-electron chi connectivity index (χ0n) is 25.7. The van der Waals surface area contributed by atoms with E-state index in [9.17, 15) is 0 Å². The second-order valence-electron chi connectivity index (χ2n) is 12.1. The van der Waals surface area contributed by atoms with Crippen molar-refractivity contribution in [3.8, 4) is 45.0 Å². The quantitative estimate of drug-likeness (QED) is 0.198. The van der Waals surface area contributed by atoms with Gasteiger partial charge in [0.2, 0.25) is 0 Å². The molecule has 3 heterocycles. The van der Waals surface area contributed by atoms with E-state index in [1.165, 1.54) is 11.1 Å². The Morgan fingerprint density at radius 3 is 1.81 bits per heavy atom. The van der Waals surface area contributed by atoms with Crippen molar-refractivity contribution in [1.29, 1.82) is 0 Å². The van der Waals surface area contributed by atoms with Crippen molar-refractivity contribution < 1.29 is 8.83 Å². The van der Waals surface area contributed by atoms with Crippen molar-refractivity contribution in [2.45, 2.75) is 0 Å². The summed E-state index contributed by atoms with van der Waals surface area (Å²) in [6.07, 6.45) is 0. The highest BCUT2D eigenvalue weighted by atomic mass is 16.3. The van der Waals surface area contributed by atoms with Gasteiger partial charge in [0.1, 0.15) is 22.3 Å². The number of furan rings is 2. The standard InChI is InChI=1S/C44H26N2O2/c1-3-12-27(13-4-1)36-25-37-34-19-11-20-35(42(34)48-43(37)33-18-8-7-16-30(33)36)39-26-38(45-44(46-39)28-14-5-2-6-15-28)29-22-23-32-31-17-9-10-21-40(31)47-41(32)24-29/h1-26H. The molecule has 0 atom stereocenters. The molecule has 0 fully saturated rings. The molecule has 0 N–H and O–H groups in total. The smallest absolute Gasteiger partial charge is 0.160 e. The van der Waals surface area contributed by atoms with E-state index in [0.29, 0.717) is 5.82 Å². The molecule has 10 rings (SSSR count). The lowest BCUT2D eigenvalue weighted by molar-refractivity contribution is 0.669. The van der Waals surface area contributed by atoms with Gasteiger partial charge in [0.15, 0.2) is 5.82 Å². The Balaban J connectivity index is 1.22. The molecular formula is C44H26N2O2. The van der Waals surface area contributed by atoms with Crippen molar-refractivity contribution in [3.63, 3.8) is 0 Å². The van der Waals surface area contributed by atoms with Crippen molar-refractivity contribution >= 4 is 54.6 Å². The van der Waals surface area contributed by atoms with Gasteiger partial charge >= 0.3 is 0 Å². The van der Waals surface area contributed by atoms with Crippen LogP contribution in [0.1, 0.15) is 0 Å². The van der Waals surface area contributed by atoms with Gasteiger partial charge in [0.25, 0.3) is 0 Å². The fourth-order valence-electron chi connectivity index (χ4n) is 7.01. The van der Waals surface area contributed by atoms with Crippen LogP contribution in [0, 0.1) is 0 Å². The second kappa shape index (κ2) is 10.5. The van der Waals surface area contributed by atoms with Crippen LogP contribution in [0.3, 0.4) is 0 Å². The van der Waals surface area contributed by atoms with Gasteiger partial charge < -0.3 is 8.83 Å². The van der Waals surface area contributed by atoms with Gasteiger partial charge in [-0.05, 0) is 52.9 Å². The Morgan fingerprint density at radius 1 is 0.333 bits per heavy atom. The molecule has 0 aliphatic heterocycles. The molecule has 7 aromatic carbocycles. The zero-order valence-corrected chi connectivity index (χ0v) is 25.7. The van der Waals surface area contributed by atoms with Crippen LogP contribution in [0.2, 0.25) is 0 Å². The van der Waals surface area contributed by atoms with E-state index in [0.717, 1.165) is 82.7 Å². The fourth-order valence-corrected chi connectivity index (χ4v) is 7.01. The van der Waals surface area contributed by atoms with Crippen LogP contribution in [0.15, 0.2) is 167 Å². The summed E-state index contributed by atoms with van der Waals surface area (Å²) in [5.41, 5.74) is 10.2. The summed E-state index contributed by atoms with van der Waals surface area (Å²) in [7, 11) is 0. The average Bonchev–Trinajstić information content (AvgIpc) is 3.73. The van der Waals surface area contributed by atoms with Crippen LogP contribution >= 0.6 is 0 Å². The van der Waals surface area contributed by atoms with Crippen LogP contribution in [0.25, 0.3) is 99.7 Å². The van der Waals surface area contributed by atoms with Crippen molar-refractivity contribution in [3.05, 3.63) is 158 Å². The molecule has 0 radical (unpaired) electrons. The van der Waals surface area contributed by atoms with E-state index >= 15 is 0 Å². The lowest BCUT2D eigenvalue weighted by Gasteiger charge is -2.10. The first-order valence-electron chi connectivity index (χ1n) is 16.1. The molecule has 48 heavy (non-hydrogen) atoms. The van der Waals surface area contributed by atoms with Crippen LogP contribution in [0.5, 0.6) is 0 Å². The molecule has 0 unspecified atom stereocenters. The van der Waals surface area contributed by atoms with Gasteiger partial charge in [-0.25, -0.2) is 9.97 Å². The van der Waals surface area contributed by atoms with Gasteiger partial charge in [-0.2, -0.15) is 0 Å². The molecular weight excluding hydrogens is 588 g/mol. The maximum Gasteiger partial charge on any atom is 0.160 e. The normalized spacial score (nSPS) is 11.8. The van der Waals surface area contributed by atoms with Crippen molar-refractivity contribution in [2.75, 3.05) is 0 Å². The van der Waals surface area contributed by atoms with Crippen LogP contribution in [-0.2, 0) is 0 Å². The first kappa shape index (κ1) is 26.7.